The fourth-order valence-corrected chi connectivity index (χ4v) is 4.43. The van der Waals surface area contributed by atoms with Crippen molar-refractivity contribution in [3.63, 3.8) is 0 Å². The second-order valence-corrected chi connectivity index (χ2v) is 8.73. The van der Waals surface area contributed by atoms with Crippen LogP contribution in [0, 0.1) is 6.92 Å². The summed E-state index contributed by atoms with van der Waals surface area (Å²) in [7, 11) is 0. The topological polar surface area (TPSA) is 86.8 Å². The lowest BCUT2D eigenvalue weighted by atomic mass is 10.0. The van der Waals surface area contributed by atoms with E-state index in [9.17, 15) is 4.79 Å². The van der Waals surface area contributed by atoms with Crippen LogP contribution in [-0.2, 0) is 6.54 Å². The maximum Gasteiger partial charge on any atom is 0.277 e. The van der Waals surface area contributed by atoms with E-state index in [1.165, 1.54) is 31.2 Å². The van der Waals surface area contributed by atoms with Gasteiger partial charge < -0.3 is 5.32 Å². The largest absolute Gasteiger partial charge is 0.305 e. The van der Waals surface area contributed by atoms with Crippen LogP contribution >= 0.6 is 0 Å². The highest BCUT2D eigenvalue weighted by atomic mass is 16.2. The number of benzene rings is 1. The van der Waals surface area contributed by atoms with Crippen molar-refractivity contribution >= 4 is 22.6 Å². The highest BCUT2D eigenvalue weighted by molar-refractivity contribution is 6.11. The maximum atomic E-state index is 12.9. The second-order valence-electron chi connectivity index (χ2n) is 8.73. The van der Waals surface area contributed by atoms with Gasteiger partial charge in [-0.25, -0.2) is 4.98 Å². The zero-order chi connectivity index (χ0) is 22.6. The van der Waals surface area contributed by atoms with Crippen LogP contribution in [0.1, 0.15) is 47.3 Å². The van der Waals surface area contributed by atoms with Gasteiger partial charge in [0.1, 0.15) is 5.82 Å². The molecule has 5 rings (SSSR count). The van der Waals surface area contributed by atoms with Gasteiger partial charge in [-0.15, -0.1) is 0 Å². The number of amides is 1. The van der Waals surface area contributed by atoms with E-state index in [0.29, 0.717) is 11.5 Å². The van der Waals surface area contributed by atoms with Crippen molar-refractivity contribution in [2.75, 3.05) is 18.4 Å². The van der Waals surface area contributed by atoms with Crippen LogP contribution in [0.5, 0.6) is 0 Å². The first-order valence-corrected chi connectivity index (χ1v) is 11.5. The molecular formula is C26H28N6O. The number of fused-ring (bicyclic) bond motifs is 1. The highest BCUT2D eigenvalue weighted by Gasteiger charge is 2.17. The zero-order valence-electron chi connectivity index (χ0n) is 18.8. The molecule has 0 radical (unpaired) electrons. The molecule has 1 saturated heterocycles. The summed E-state index contributed by atoms with van der Waals surface area (Å²) < 4.78 is 0. The number of carbonyl (C=O) groups excluding carboxylic acids is 1. The summed E-state index contributed by atoms with van der Waals surface area (Å²) in [4.78, 5) is 24.2. The Labute approximate surface area is 193 Å². The number of aromatic amines is 1. The summed E-state index contributed by atoms with van der Waals surface area (Å²) in [6, 6.07) is 12.0. The molecule has 7 nitrogen and oxygen atoms in total. The van der Waals surface area contributed by atoms with Gasteiger partial charge in [-0.05, 0) is 73.8 Å². The first kappa shape index (κ1) is 21.3. The van der Waals surface area contributed by atoms with Gasteiger partial charge in [0.15, 0.2) is 5.69 Å². The maximum absolute atomic E-state index is 12.9. The Kier molecular flexibility index (Phi) is 6.13. The molecule has 33 heavy (non-hydrogen) atoms. The Bertz CT molecular complexity index is 1270. The molecule has 4 aromatic rings. The van der Waals surface area contributed by atoms with Crippen LogP contribution in [0.2, 0.25) is 0 Å². The number of H-pyrrole nitrogens is 1. The van der Waals surface area contributed by atoms with E-state index in [0.717, 1.165) is 47.2 Å². The number of nitrogens with one attached hydrogen (secondary N) is 2. The lowest BCUT2D eigenvalue weighted by Gasteiger charge is -2.19. The number of hydrogen-bond acceptors (Lipinski definition) is 5. The SMILES string of the molecule is Cc1cccnc1NC(=O)c1n[nH]c2ccc(-c3cncc(CN4CCCCCC4)c3)cc12. The Morgan fingerprint density at radius 3 is 2.73 bits per heavy atom. The molecule has 2 N–H and O–H groups in total. The molecule has 0 unspecified atom stereocenters. The summed E-state index contributed by atoms with van der Waals surface area (Å²) in [5.41, 5.74) is 5.33. The summed E-state index contributed by atoms with van der Waals surface area (Å²) in [6.07, 6.45) is 10.7. The molecule has 7 heteroatoms. The van der Waals surface area contributed by atoms with Crippen LogP contribution in [0.25, 0.3) is 22.0 Å². The second kappa shape index (κ2) is 9.50. The molecule has 0 aliphatic carbocycles. The van der Waals surface area contributed by atoms with Gasteiger partial charge in [0.2, 0.25) is 0 Å². The van der Waals surface area contributed by atoms with Crippen molar-refractivity contribution in [1.82, 2.24) is 25.1 Å². The van der Waals surface area contributed by atoms with Gasteiger partial charge in [0.05, 0.1) is 5.52 Å². The third-order valence-electron chi connectivity index (χ3n) is 6.25. The number of anilines is 1. The van der Waals surface area contributed by atoms with Gasteiger partial charge >= 0.3 is 0 Å². The van der Waals surface area contributed by atoms with Crippen molar-refractivity contribution in [2.45, 2.75) is 39.2 Å². The van der Waals surface area contributed by atoms with Crippen LogP contribution in [0.3, 0.4) is 0 Å². The summed E-state index contributed by atoms with van der Waals surface area (Å²) >= 11 is 0. The van der Waals surface area contributed by atoms with E-state index in [1.807, 2.05) is 49.6 Å². The fraction of sp³-hybridized carbons (Fsp3) is 0.308. The van der Waals surface area contributed by atoms with E-state index in [2.05, 4.69) is 36.4 Å². The van der Waals surface area contributed by atoms with Crippen molar-refractivity contribution in [3.8, 4) is 11.1 Å². The summed E-state index contributed by atoms with van der Waals surface area (Å²) in [6.45, 7) is 5.14. The van der Waals surface area contributed by atoms with Crippen LogP contribution in [-0.4, -0.2) is 44.1 Å². The molecule has 0 saturated carbocycles. The highest BCUT2D eigenvalue weighted by Crippen LogP contribution is 2.27. The normalized spacial score (nSPS) is 14.8. The molecule has 0 bridgehead atoms. The molecule has 1 aromatic carbocycles. The minimum atomic E-state index is -0.284. The third kappa shape index (κ3) is 4.78. The van der Waals surface area contributed by atoms with E-state index in [4.69, 9.17) is 0 Å². The van der Waals surface area contributed by atoms with E-state index in [1.54, 1.807) is 6.20 Å². The third-order valence-corrected chi connectivity index (χ3v) is 6.25. The lowest BCUT2D eigenvalue weighted by Crippen LogP contribution is -2.24. The minimum Gasteiger partial charge on any atom is -0.305 e. The van der Waals surface area contributed by atoms with Crippen molar-refractivity contribution in [1.29, 1.82) is 0 Å². The average Bonchev–Trinajstić information content (AvgIpc) is 3.09. The van der Waals surface area contributed by atoms with E-state index < -0.39 is 0 Å². The number of aryl methyl sites for hydroxylation is 1. The molecule has 1 amide bonds. The number of pyridine rings is 2. The van der Waals surface area contributed by atoms with Gasteiger partial charge in [0.25, 0.3) is 5.91 Å². The Morgan fingerprint density at radius 2 is 1.91 bits per heavy atom. The monoisotopic (exact) mass is 440 g/mol. The van der Waals surface area contributed by atoms with Crippen LogP contribution in [0.15, 0.2) is 55.0 Å². The zero-order valence-corrected chi connectivity index (χ0v) is 18.8. The van der Waals surface area contributed by atoms with Crippen LogP contribution < -0.4 is 5.32 Å². The van der Waals surface area contributed by atoms with Crippen LogP contribution in [0.4, 0.5) is 5.82 Å². The summed E-state index contributed by atoms with van der Waals surface area (Å²) in [5, 5.41) is 10.9. The summed E-state index contributed by atoms with van der Waals surface area (Å²) in [5.74, 6) is 0.258. The molecule has 0 atom stereocenters. The predicted octanol–water partition coefficient (Wildman–Crippen LogP) is 4.96. The Balaban J connectivity index is 1.40. The standard InChI is InChI=1S/C26H28N6O/c1-18-7-6-10-28-25(18)29-26(33)24-22-14-20(8-9-23(22)30-31-24)21-13-19(15-27-16-21)17-32-11-4-2-3-5-12-32/h6-10,13-16H,2-5,11-12,17H2,1H3,(H,30,31)(H,28,29,33). The first-order valence-electron chi connectivity index (χ1n) is 11.5. The van der Waals surface area contributed by atoms with Gasteiger partial charge in [0, 0.05) is 36.1 Å². The van der Waals surface area contributed by atoms with Gasteiger partial charge in [-0.3, -0.25) is 19.8 Å². The molecule has 3 aromatic heterocycles. The number of rotatable bonds is 5. The van der Waals surface area contributed by atoms with Gasteiger partial charge in [-0.2, -0.15) is 5.10 Å². The first-order chi connectivity index (χ1) is 16.2. The Hall–Kier alpha value is -3.58. The number of likely N-dealkylation sites (tertiary alicyclic amines) is 1. The number of aromatic nitrogens is 4. The van der Waals surface area contributed by atoms with Crippen molar-refractivity contribution in [3.05, 3.63) is 71.8 Å². The molecular weight excluding hydrogens is 412 g/mol. The Morgan fingerprint density at radius 1 is 1.06 bits per heavy atom. The van der Waals surface area contributed by atoms with E-state index in [-0.39, 0.29) is 5.91 Å². The molecule has 1 fully saturated rings. The minimum absolute atomic E-state index is 0.284. The molecule has 0 spiro atoms. The predicted molar refractivity (Wildman–Crippen MR) is 130 cm³/mol. The smallest absolute Gasteiger partial charge is 0.277 e. The molecule has 1 aliphatic heterocycles. The number of carbonyl (C=O) groups is 1. The molecule has 1 aliphatic rings. The molecule has 4 heterocycles. The fourth-order valence-electron chi connectivity index (χ4n) is 4.43. The molecule has 168 valence electrons. The van der Waals surface area contributed by atoms with Gasteiger partial charge in [-0.1, -0.05) is 25.0 Å². The number of nitrogens with zero attached hydrogens (tertiary/aromatic N) is 4. The van der Waals surface area contributed by atoms with E-state index >= 15 is 0 Å². The van der Waals surface area contributed by atoms with Crippen molar-refractivity contribution < 1.29 is 4.79 Å². The quantitative estimate of drug-likeness (QED) is 0.458. The van der Waals surface area contributed by atoms with Crippen molar-refractivity contribution in [2.24, 2.45) is 0 Å². The lowest BCUT2D eigenvalue weighted by molar-refractivity contribution is 0.102. The average molecular weight is 441 g/mol. The number of hydrogen-bond donors (Lipinski definition) is 2.